The first-order chi connectivity index (χ1) is 12.3. The Morgan fingerprint density at radius 1 is 0.962 bits per heavy atom. The third kappa shape index (κ3) is 10.9. The molecule has 0 spiro atoms. The highest BCUT2D eigenvalue weighted by molar-refractivity contribution is 7.46. The van der Waals surface area contributed by atoms with Crippen molar-refractivity contribution in [2.75, 3.05) is 0 Å². The SMILES string of the molecule is CCCCCCCCCc1ccccc1OC(C)OC(C)OP(=O)(O)O. The second-order valence-electron chi connectivity index (χ2n) is 6.46. The van der Waals surface area contributed by atoms with Gasteiger partial charge in [0.25, 0.3) is 0 Å². The van der Waals surface area contributed by atoms with Crippen molar-refractivity contribution in [1.82, 2.24) is 0 Å². The minimum atomic E-state index is -4.58. The standard InChI is InChI=1S/C19H33O6P/c1-4-5-6-7-8-9-10-13-18-14-11-12-15-19(18)24-16(2)23-17(3)25-26(20,21)22/h11-12,14-17H,4-10,13H2,1-3H3,(H2,20,21,22). The monoisotopic (exact) mass is 388 g/mol. The lowest BCUT2D eigenvalue weighted by Gasteiger charge is -2.21. The fraction of sp³-hybridized carbons (Fsp3) is 0.684. The largest absolute Gasteiger partial charge is 0.471 e. The van der Waals surface area contributed by atoms with Crippen LogP contribution in [0.15, 0.2) is 24.3 Å². The Balaban J connectivity index is 2.41. The molecule has 150 valence electrons. The van der Waals surface area contributed by atoms with Crippen molar-refractivity contribution in [3.8, 4) is 5.75 Å². The van der Waals surface area contributed by atoms with Gasteiger partial charge in [-0.3, -0.25) is 4.52 Å². The molecule has 2 N–H and O–H groups in total. The van der Waals surface area contributed by atoms with Gasteiger partial charge in [-0.25, -0.2) is 4.57 Å². The molecular weight excluding hydrogens is 355 g/mol. The first-order valence-electron chi connectivity index (χ1n) is 9.45. The molecule has 0 aliphatic rings. The zero-order valence-electron chi connectivity index (χ0n) is 16.1. The average Bonchev–Trinajstić information content (AvgIpc) is 2.53. The van der Waals surface area contributed by atoms with E-state index in [1.165, 1.54) is 45.4 Å². The number of ether oxygens (including phenoxy) is 2. The van der Waals surface area contributed by atoms with Crippen LogP contribution in [-0.2, 0) is 20.2 Å². The van der Waals surface area contributed by atoms with Gasteiger partial charge >= 0.3 is 7.82 Å². The second kappa shape index (κ2) is 12.5. The van der Waals surface area contributed by atoms with Gasteiger partial charge in [-0.05, 0) is 38.3 Å². The topological polar surface area (TPSA) is 85.2 Å². The number of hydrogen-bond acceptors (Lipinski definition) is 4. The molecule has 26 heavy (non-hydrogen) atoms. The molecular formula is C19H33O6P. The maximum Gasteiger partial charge on any atom is 0.471 e. The Morgan fingerprint density at radius 3 is 2.23 bits per heavy atom. The Bertz CT molecular complexity index is 545. The van der Waals surface area contributed by atoms with Crippen LogP contribution in [0.3, 0.4) is 0 Å². The molecule has 0 saturated heterocycles. The maximum absolute atomic E-state index is 10.8. The lowest BCUT2D eigenvalue weighted by molar-refractivity contribution is -0.173. The molecule has 1 aromatic rings. The van der Waals surface area contributed by atoms with E-state index < -0.39 is 20.4 Å². The summed E-state index contributed by atoms with van der Waals surface area (Å²) < 4.78 is 26.4. The Morgan fingerprint density at radius 2 is 1.58 bits per heavy atom. The predicted octanol–water partition coefficient (Wildman–Crippen LogP) is 5.18. The van der Waals surface area contributed by atoms with Crippen molar-refractivity contribution < 1.29 is 28.3 Å². The molecule has 1 rings (SSSR count). The van der Waals surface area contributed by atoms with Crippen LogP contribution in [0.2, 0.25) is 0 Å². The number of hydrogen-bond donors (Lipinski definition) is 2. The molecule has 0 aliphatic carbocycles. The van der Waals surface area contributed by atoms with E-state index in [1.807, 2.05) is 24.3 Å². The average molecular weight is 388 g/mol. The lowest BCUT2D eigenvalue weighted by atomic mass is 10.0. The van der Waals surface area contributed by atoms with E-state index in [-0.39, 0.29) is 0 Å². The van der Waals surface area contributed by atoms with Crippen LogP contribution in [0.5, 0.6) is 5.75 Å². The van der Waals surface area contributed by atoms with Gasteiger partial charge in [-0.15, -0.1) is 0 Å². The number of rotatable bonds is 14. The van der Waals surface area contributed by atoms with Crippen LogP contribution in [0.1, 0.15) is 71.3 Å². The number of para-hydroxylation sites is 1. The van der Waals surface area contributed by atoms with Gasteiger partial charge in [0.05, 0.1) is 0 Å². The van der Waals surface area contributed by atoms with E-state index in [0.717, 1.165) is 24.2 Å². The third-order valence-corrected chi connectivity index (χ3v) is 4.56. The van der Waals surface area contributed by atoms with Crippen LogP contribution >= 0.6 is 7.82 Å². The van der Waals surface area contributed by atoms with Crippen LogP contribution in [0.25, 0.3) is 0 Å². The van der Waals surface area contributed by atoms with Crippen molar-refractivity contribution in [1.29, 1.82) is 0 Å². The lowest BCUT2D eigenvalue weighted by Crippen LogP contribution is -2.24. The van der Waals surface area contributed by atoms with Gasteiger partial charge < -0.3 is 19.3 Å². The van der Waals surface area contributed by atoms with Crippen molar-refractivity contribution in [2.45, 2.75) is 84.7 Å². The zero-order valence-corrected chi connectivity index (χ0v) is 17.0. The maximum atomic E-state index is 10.8. The Kier molecular flexibility index (Phi) is 11.1. The smallest absolute Gasteiger partial charge is 0.465 e. The van der Waals surface area contributed by atoms with E-state index in [2.05, 4.69) is 11.4 Å². The minimum Gasteiger partial charge on any atom is -0.465 e. The molecule has 0 amide bonds. The number of phosphoric ester groups is 1. The fourth-order valence-corrected chi connectivity index (χ4v) is 3.23. The van der Waals surface area contributed by atoms with E-state index in [1.54, 1.807) is 6.92 Å². The van der Waals surface area contributed by atoms with Gasteiger partial charge in [-0.2, -0.15) is 0 Å². The van der Waals surface area contributed by atoms with Gasteiger partial charge in [0, 0.05) is 0 Å². The Hall–Kier alpha value is -0.910. The van der Waals surface area contributed by atoms with Crippen molar-refractivity contribution >= 4 is 7.82 Å². The van der Waals surface area contributed by atoms with E-state index in [4.69, 9.17) is 19.3 Å². The van der Waals surface area contributed by atoms with Crippen molar-refractivity contribution in [3.05, 3.63) is 29.8 Å². The van der Waals surface area contributed by atoms with Crippen LogP contribution < -0.4 is 4.74 Å². The number of benzene rings is 1. The molecule has 0 aromatic heterocycles. The summed E-state index contributed by atoms with van der Waals surface area (Å²) in [6, 6.07) is 7.79. The Labute approximate surface area is 157 Å². The van der Waals surface area contributed by atoms with E-state index in [9.17, 15) is 4.57 Å². The summed E-state index contributed by atoms with van der Waals surface area (Å²) >= 11 is 0. The van der Waals surface area contributed by atoms with Crippen LogP contribution in [0, 0.1) is 0 Å². The second-order valence-corrected chi connectivity index (χ2v) is 7.66. The van der Waals surface area contributed by atoms with Gasteiger partial charge in [0.2, 0.25) is 0 Å². The summed E-state index contributed by atoms with van der Waals surface area (Å²) in [4.78, 5) is 17.6. The minimum absolute atomic E-state index is 0.688. The molecule has 2 unspecified atom stereocenters. The summed E-state index contributed by atoms with van der Waals surface area (Å²) in [5, 5.41) is 0. The molecule has 1 aromatic carbocycles. The molecule has 6 nitrogen and oxygen atoms in total. The number of unbranched alkanes of at least 4 members (excludes halogenated alkanes) is 6. The number of aryl methyl sites for hydroxylation is 1. The van der Waals surface area contributed by atoms with Crippen molar-refractivity contribution in [2.24, 2.45) is 0 Å². The zero-order chi connectivity index (χ0) is 19.4. The molecule has 0 radical (unpaired) electrons. The van der Waals surface area contributed by atoms with Crippen molar-refractivity contribution in [3.63, 3.8) is 0 Å². The first-order valence-corrected chi connectivity index (χ1v) is 11.0. The molecule has 0 fully saturated rings. The number of phosphoric acid groups is 1. The normalized spacial score (nSPS) is 14.2. The summed E-state index contributed by atoms with van der Waals surface area (Å²) in [5.41, 5.74) is 1.11. The van der Waals surface area contributed by atoms with Gasteiger partial charge in [-0.1, -0.05) is 63.6 Å². The molecule has 2 atom stereocenters. The quantitative estimate of drug-likeness (QED) is 0.260. The summed E-state index contributed by atoms with van der Waals surface area (Å²) in [6.45, 7) is 5.31. The highest BCUT2D eigenvalue weighted by Crippen LogP contribution is 2.38. The van der Waals surface area contributed by atoms with Gasteiger partial charge in [0.1, 0.15) is 5.75 Å². The van der Waals surface area contributed by atoms with Gasteiger partial charge in [0.15, 0.2) is 12.6 Å². The predicted molar refractivity (Wildman–Crippen MR) is 102 cm³/mol. The summed E-state index contributed by atoms with van der Waals surface area (Å²) in [6.07, 6.45) is 7.96. The third-order valence-electron chi connectivity index (χ3n) is 3.98. The van der Waals surface area contributed by atoms with Crippen LogP contribution in [0.4, 0.5) is 0 Å². The van der Waals surface area contributed by atoms with Crippen LogP contribution in [-0.4, -0.2) is 22.4 Å². The highest BCUT2D eigenvalue weighted by Gasteiger charge is 2.21. The van der Waals surface area contributed by atoms with E-state index in [0.29, 0.717) is 0 Å². The summed E-state index contributed by atoms with van der Waals surface area (Å²) in [5.74, 6) is 0.731. The molecule has 0 bridgehead atoms. The highest BCUT2D eigenvalue weighted by atomic mass is 31.2. The molecule has 0 aliphatic heterocycles. The molecule has 0 saturated carbocycles. The molecule has 7 heteroatoms. The summed E-state index contributed by atoms with van der Waals surface area (Å²) in [7, 11) is -4.58. The first kappa shape index (κ1) is 23.1. The molecule has 0 heterocycles. The van der Waals surface area contributed by atoms with E-state index >= 15 is 0 Å². The fourth-order valence-electron chi connectivity index (χ4n) is 2.79.